The molecule has 2 saturated heterocycles. The molecule has 80 heavy (non-hydrogen) atoms. The van der Waals surface area contributed by atoms with E-state index in [4.69, 9.17) is 39.2 Å². The largest absolute Gasteiger partial charge is 0.462 e. The standard InChI is InChI=1S/C56H87N5O16.CO2/c1-13-33(6)49(45(72-11)27-47(66)61-23-17-20-40(61)53(73-12)35(8)41(62)24-34(7)50(67)36-18-15-14-16-19-36)59(9)54(70)39(31(2)3)26-42(63)48(32(4)5)60(10)56(71)75-28-37-25-38(58-46(65)30-76-57)21-22-44(37)77-55-52(69)51(68)43(64)29-74-55;2-1-3/h14-16,18-19,21-22,25,31-35,39-40,43,45,48-53,55,64,67-69H,13,17,20,23-24,26-30,57H2,1-12H3,(H,58,65);/t33-,34-,35-,39-,40-,43?,45+,48-,49?,50+,51?,52?,53+,55?;/m0./s1. The summed E-state index contributed by atoms with van der Waals surface area (Å²) in [6.45, 7) is 14.0. The minimum Gasteiger partial charge on any atom is -0.462 e. The van der Waals surface area contributed by atoms with Crippen LogP contribution in [0.5, 0.6) is 5.75 Å². The lowest BCUT2D eigenvalue weighted by molar-refractivity contribution is -0.242. The Morgan fingerprint density at radius 3 is 2.08 bits per heavy atom. The average Bonchev–Trinajstić information content (AvgIpc) is 3.91. The lowest BCUT2D eigenvalue weighted by Gasteiger charge is -2.41. The fourth-order valence-electron chi connectivity index (χ4n) is 10.7. The third kappa shape index (κ3) is 18.7. The topological polar surface area (TPSA) is 321 Å². The number of likely N-dealkylation sites (tertiary alicyclic amines) is 1. The molecule has 4 amide bonds. The highest BCUT2D eigenvalue weighted by Gasteiger charge is 2.44. The molecule has 2 heterocycles. The van der Waals surface area contributed by atoms with Crippen LogP contribution in [0.1, 0.15) is 111 Å². The molecule has 5 unspecified atom stereocenters. The smallest absolute Gasteiger partial charge is 0.410 e. The Balaban J connectivity index is 0.00000547. The van der Waals surface area contributed by atoms with Crippen molar-refractivity contribution in [3.63, 3.8) is 0 Å². The van der Waals surface area contributed by atoms with Crippen molar-refractivity contribution >= 4 is 47.2 Å². The second kappa shape index (κ2) is 33.3. The first kappa shape index (κ1) is 68.6. The van der Waals surface area contributed by atoms with Crippen LogP contribution in [0.3, 0.4) is 0 Å². The molecule has 2 aliphatic heterocycles. The fourth-order valence-corrected chi connectivity index (χ4v) is 10.7. The summed E-state index contributed by atoms with van der Waals surface area (Å²) in [7, 11) is 6.14. The number of hydrogen-bond donors (Lipinski definition) is 6. The van der Waals surface area contributed by atoms with E-state index in [1.165, 1.54) is 32.4 Å². The van der Waals surface area contributed by atoms with Gasteiger partial charge in [-0.05, 0) is 60.3 Å². The van der Waals surface area contributed by atoms with Crippen LogP contribution in [0.25, 0.3) is 0 Å². The summed E-state index contributed by atoms with van der Waals surface area (Å²) >= 11 is 0. The number of nitrogens with zero attached hydrogens (tertiary/aromatic N) is 3. The van der Waals surface area contributed by atoms with E-state index in [0.717, 1.165) is 10.5 Å². The van der Waals surface area contributed by atoms with Crippen molar-refractivity contribution in [2.24, 2.45) is 41.4 Å². The predicted octanol–water partition coefficient (Wildman–Crippen LogP) is 3.82. The van der Waals surface area contributed by atoms with E-state index in [2.05, 4.69) is 10.2 Å². The van der Waals surface area contributed by atoms with Gasteiger partial charge in [0.25, 0.3) is 5.91 Å². The van der Waals surface area contributed by atoms with Crippen LogP contribution in [-0.4, -0.2) is 180 Å². The van der Waals surface area contributed by atoms with Gasteiger partial charge in [0, 0.05) is 70.8 Å². The van der Waals surface area contributed by atoms with Gasteiger partial charge in [-0.1, -0.05) is 92.1 Å². The number of carbonyl (C=O) groups is 6. The molecule has 0 bridgehead atoms. The first-order chi connectivity index (χ1) is 37.8. The minimum absolute atomic E-state index is 0.0388. The zero-order valence-electron chi connectivity index (χ0n) is 48.4. The quantitative estimate of drug-likeness (QED) is 0.0631. The molecule has 2 aromatic rings. The van der Waals surface area contributed by atoms with Crippen LogP contribution < -0.4 is 16.0 Å². The Kier molecular flexibility index (Phi) is 28.5. The molecule has 2 aromatic carbocycles. The van der Waals surface area contributed by atoms with Gasteiger partial charge in [-0.25, -0.2) is 10.7 Å². The lowest BCUT2D eigenvalue weighted by Crippen LogP contribution is -2.54. The van der Waals surface area contributed by atoms with Crippen molar-refractivity contribution in [1.82, 2.24) is 14.7 Å². The number of likely N-dealkylation sites (N-methyl/N-ethyl adjacent to an activating group) is 2. The molecular weight excluding hydrogens is 1040 g/mol. The van der Waals surface area contributed by atoms with Gasteiger partial charge < -0.3 is 64.1 Å². The molecule has 14 atom stereocenters. The van der Waals surface area contributed by atoms with Crippen molar-refractivity contribution in [1.29, 1.82) is 0 Å². The number of benzene rings is 2. The van der Waals surface area contributed by atoms with Gasteiger partial charge in [0.1, 0.15) is 43.1 Å². The number of ether oxygens (including phenoxy) is 5. The number of nitrogens with one attached hydrogen (secondary N) is 1. The number of ketones is 2. The number of aliphatic hydroxyl groups is 4. The molecule has 23 nitrogen and oxygen atoms in total. The van der Waals surface area contributed by atoms with Gasteiger partial charge >= 0.3 is 12.2 Å². The molecule has 23 heteroatoms. The number of methoxy groups -OCH3 is 2. The second-order valence-electron chi connectivity index (χ2n) is 21.6. The van der Waals surface area contributed by atoms with Gasteiger partial charge in [-0.2, -0.15) is 9.59 Å². The molecule has 2 fully saturated rings. The van der Waals surface area contributed by atoms with Crippen molar-refractivity contribution in [3.05, 3.63) is 59.7 Å². The monoisotopic (exact) mass is 1130 g/mol. The van der Waals surface area contributed by atoms with Gasteiger partial charge in [0.15, 0.2) is 5.78 Å². The molecule has 7 N–H and O–H groups in total. The van der Waals surface area contributed by atoms with Crippen molar-refractivity contribution in [2.45, 2.75) is 162 Å². The highest BCUT2D eigenvalue weighted by atomic mass is 16.7. The van der Waals surface area contributed by atoms with Gasteiger partial charge in [-0.15, -0.1) is 0 Å². The summed E-state index contributed by atoms with van der Waals surface area (Å²) in [5.74, 6) is 0.843. The SMILES string of the molecule is CC[C@H](C)C([C@@H](CC(=O)N1CCC[C@H]1[C@H](OC)[C@@H](C)C(=O)C[C@H](C)[C@@H](O)c1ccccc1)OC)N(C)C(=O)[C@@H](CC(=O)[C@H](C(C)C)N(C)C(=O)OCc1cc(NC(=O)CON)ccc1OC1OCC(O)C(O)C1O)C(C)C.O=C=O. The number of aliphatic hydroxyl groups excluding tert-OH is 4. The third-order valence-corrected chi connectivity index (χ3v) is 15.4. The van der Waals surface area contributed by atoms with Gasteiger partial charge in [-0.3, -0.25) is 28.8 Å². The summed E-state index contributed by atoms with van der Waals surface area (Å²) in [5, 5.41) is 44.3. The number of hydrogen-bond acceptors (Lipinski definition) is 19. The number of carbonyl (C=O) groups excluding carboxylic acids is 8. The summed E-state index contributed by atoms with van der Waals surface area (Å²) in [4.78, 5) is 109. The first-order valence-corrected chi connectivity index (χ1v) is 27.2. The molecule has 2 aliphatic rings. The highest BCUT2D eigenvalue weighted by Crippen LogP contribution is 2.34. The van der Waals surface area contributed by atoms with E-state index < -0.39 is 104 Å². The normalized spacial score (nSPS) is 21.5. The van der Waals surface area contributed by atoms with Gasteiger partial charge in [0.05, 0.1) is 49.5 Å². The van der Waals surface area contributed by atoms with Crippen LogP contribution in [0.4, 0.5) is 10.5 Å². The molecule has 0 aliphatic carbocycles. The summed E-state index contributed by atoms with van der Waals surface area (Å²) in [5.41, 5.74) is 1.16. The Labute approximate surface area is 469 Å². The molecule has 0 saturated carbocycles. The van der Waals surface area contributed by atoms with Gasteiger partial charge in [0.2, 0.25) is 18.1 Å². The third-order valence-electron chi connectivity index (χ3n) is 15.4. The highest BCUT2D eigenvalue weighted by molar-refractivity contribution is 5.93. The molecule has 0 spiro atoms. The molecule has 4 rings (SSSR count). The van der Waals surface area contributed by atoms with E-state index in [9.17, 15) is 49.2 Å². The van der Waals surface area contributed by atoms with E-state index in [-0.39, 0.29) is 90.2 Å². The summed E-state index contributed by atoms with van der Waals surface area (Å²) in [6.07, 6.45) is -7.01. The lowest BCUT2D eigenvalue weighted by atomic mass is 9.83. The van der Waals surface area contributed by atoms with Crippen molar-refractivity contribution < 1.29 is 87.3 Å². The maximum absolute atomic E-state index is 14.8. The maximum Gasteiger partial charge on any atom is 0.410 e. The zero-order valence-corrected chi connectivity index (χ0v) is 48.4. The Bertz CT molecular complexity index is 2340. The zero-order chi connectivity index (χ0) is 60.1. The number of rotatable bonds is 29. The minimum atomic E-state index is -1.65. The second-order valence-corrected chi connectivity index (χ2v) is 21.6. The Morgan fingerprint density at radius 2 is 1.50 bits per heavy atom. The average molecular weight is 1130 g/mol. The van der Waals surface area contributed by atoms with Crippen LogP contribution in [0.2, 0.25) is 0 Å². The predicted molar refractivity (Wildman–Crippen MR) is 289 cm³/mol. The Morgan fingerprint density at radius 1 is 0.850 bits per heavy atom. The van der Waals surface area contributed by atoms with E-state index in [1.807, 2.05) is 71.9 Å². The van der Waals surface area contributed by atoms with E-state index >= 15 is 0 Å². The number of Topliss-reactive ketones (excluding diaryl/α,β-unsaturated/α-hetero) is 2. The first-order valence-electron chi connectivity index (χ1n) is 27.2. The molecule has 0 aromatic heterocycles. The van der Waals surface area contributed by atoms with Crippen LogP contribution in [-0.2, 0) is 64.0 Å². The van der Waals surface area contributed by atoms with Crippen molar-refractivity contribution in [3.8, 4) is 5.75 Å². The molecular formula is C57H87N5O18. The molecule has 448 valence electrons. The number of amides is 4. The van der Waals surface area contributed by atoms with Crippen LogP contribution >= 0.6 is 0 Å². The summed E-state index contributed by atoms with van der Waals surface area (Å²) < 4.78 is 29.1. The number of anilines is 1. The van der Waals surface area contributed by atoms with Crippen LogP contribution in [0.15, 0.2) is 48.5 Å². The maximum atomic E-state index is 14.8. The van der Waals surface area contributed by atoms with E-state index in [0.29, 0.717) is 25.8 Å². The van der Waals surface area contributed by atoms with Crippen molar-refractivity contribution in [2.75, 3.05) is 53.4 Å². The van der Waals surface area contributed by atoms with E-state index in [1.54, 1.807) is 37.8 Å². The van der Waals surface area contributed by atoms with Crippen LogP contribution in [0, 0.1) is 35.5 Å². The number of nitrogens with two attached hydrogens (primary N) is 1. The Hall–Kier alpha value is -5.72. The molecule has 0 radical (unpaired) electrons. The fraction of sp³-hybridized carbons (Fsp3) is 0.667. The summed E-state index contributed by atoms with van der Waals surface area (Å²) in [6, 6.07) is 11.5.